The maximum atomic E-state index is 11.8. The van der Waals surface area contributed by atoms with E-state index in [4.69, 9.17) is 5.11 Å². The monoisotopic (exact) mass is 263 g/mol. The van der Waals surface area contributed by atoms with Crippen molar-refractivity contribution in [1.29, 1.82) is 0 Å². The number of hydrogen-bond donors (Lipinski definition) is 1. The van der Waals surface area contributed by atoms with Crippen LogP contribution in [0, 0.1) is 0 Å². The quantitative estimate of drug-likeness (QED) is 0.842. The topological polar surface area (TPSA) is 74.7 Å². The molecule has 1 saturated heterocycles. The minimum atomic E-state index is -1.24. The van der Waals surface area contributed by atoms with Gasteiger partial charge in [0.25, 0.3) is 11.1 Å². The molecule has 1 fully saturated rings. The summed E-state index contributed by atoms with van der Waals surface area (Å²) >= 11 is 0.647. The lowest BCUT2D eigenvalue weighted by Gasteiger charge is -2.11. The molecule has 1 aromatic carbocycles. The fourth-order valence-corrected chi connectivity index (χ4v) is 2.32. The molecule has 2 rings (SSSR count). The number of rotatable bonds is 3. The third-order valence-electron chi connectivity index (χ3n) is 2.31. The van der Waals surface area contributed by atoms with Gasteiger partial charge >= 0.3 is 5.97 Å². The van der Waals surface area contributed by atoms with Crippen LogP contribution in [0.1, 0.15) is 5.56 Å². The molecule has 0 atom stereocenters. The van der Waals surface area contributed by atoms with Crippen LogP contribution in [0.4, 0.5) is 4.79 Å². The molecule has 18 heavy (non-hydrogen) atoms. The number of hydrogen-bond acceptors (Lipinski definition) is 4. The molecule has 5 nitrogen and oxygen atoms in total. The molecular formula is C12H9NO4S. The smallest absolute Gasteiger partial charge is 0.329 e. The Morgan fingerprint density at radius 2 is 1.94 bits per heavy atom. The molecule has 0 unspecified atom stereocenters. The number of carbonyl (C=O) groups excluding carboxylic acids is 2. The van der Waals surface area contributed by atoms with Crippen molar-refractivity contribution in [3.05, 3.63) is 46.9 Å². The van der Waals surface area contributed by atoms with Gasteiger partial charge in [0, 0.05) is 6.08 Å². The van der Waals surface area contributed by atoms with Crippen molar-refractivity contribution >= 4 is 28.9 Å². The maximum absolute atomic E-state index is 11.8. The zero-order chi connectivity index (χ0) is 13.1. The Bertz CT molecular complexity index is 538. The van der Waals surface area contributed by atoms with Crippen molar-refractivity contribution in [1.82, 2.24) is 4.90 Å². The van der Waals surface area contributed by atoms with Crippen LogP contribution >= 0.6 is 11.8 Å². The number of carboxylic acids is 1. The van der Waals surface area contributed by atoms with Gasteiger partial charge in [0.1, 0.15) is 0 Å². The molecule has 1 N–H and O–H groups in total. The Morgan fingerprint density at radius 1 is 1.28 bits per heavy atom. The molecule has 0 bridgehead atoms. The molecule has 1 aliphatic rings. The second-order valence-electron chi connectivity index (χ2n) is 3.59. The van der Waals surface area contributed by atoms with Crippen LogP contribution < -0.4 is 0 Å². The average Bonchev–Trinajstić information content (AvgIpc) is 2.58. The van der Waals surface area contributed by atoms with E-state index in [1.54, 1.807) is 12.1 Å². The molecule has 1 heterocycles. The molecule has 0 aliphatic carbocycles. The van der Waals surface area contributed by atoms with Gasteiger partial charge in [-0.1, -0.05) is 30.3 Å². The Morgan fingerprint density at radius 3 is 2.56 bits per heavy atom. The molecule has 1 aromatic rings. The zero-order valence-electron chi connectivity index (χ0n) is 9.20. The Kier molecular flexibility index (Phi) is 3.47. The fraction of sp³-hybridized carbons (Fsp3) is 0.0833. The summed E-state index contributed by atoms with van der Waals surface area (Å²) in [5.41, 5.74) is 0.816. The van der Waals surface area contributed by atoms with Gasteiger partial charge in [-0.25, -0.2) is 4.79 Å². The minimum Gasteiger partial charge on any atom is -0.478 e. The first kappa shape index (κ1) is 12.4. The van der Waals surface area contributed by atoms with E-state index < -0.39 is 17.1 Å². The highest BCUT2D eigenvalue weighted by Crippen LogP contribution is 2.31. The van der Waals surface area contributed by atoms with Crippen molar-refractivity contribution in [2.45, 2.75) is 6.54 Å². The van der Waals surface area contributed by atoms with E-state index in [9.17, 15) is 14.4 Å². The van der Waals surface area contributed by atoms with Gasteiger partial charge in [-0.2, -0.15) is 0 Å². The lowest BCUT2D eigenvalue weighted by Crippen LogP contribution is -2.27. The van der Waals surface area contributed by atoms with Gasteiger partial charge in [-0.3, -0.25) is 14.5 Å². The van der Waals surface area contributed by atoms with Crippen LogP contribution in [0.3, 0.4) is 0 Å². The average molecular weight is 263 g/mol. The number of imide groups is 1. The van der Waals surface area contributed by atoms with E-state index in [-0.39, 0.29) is 11.4 Å². The second-order valence-corrected chi connectivity index (χ2v) is 4.58. The summed E-state index contributed by atoms with van der Waals surface area (Å²) in [6.45, 7) is 0.155. The van der Waals surface area contributed by atoms with E-state index in [2.05, 4.69) is 0 Å². The number of benzene rings is 1. The standard InChI is InChI=1S/C12H9NO4S/c14-10(15)6-9-11(16)13(12(17)18-9)7-8-4-2-1-3-5-8/h1-6H,7H2,(H,14,15). The van der Waals surface area contributed by atoms with E-state index in [1.165, 1.54) is 0 Å². The summed E-state index contributed by atoms with van der Waals surface area (Å²) in [5, 5.41) is 8.13. The second kappa shape index (κ2) is 5.05. The highest BCUT2D eigenvalue weighted by Gasteiger charge is 2.35. The Balaban J connectivity index is 2.18. The zero-order valence-corrected chi connectivity index (χ0v) is 10.0. The SMILES string of the molecule is O=C(O)C=C1SC(=O)N(Cc2ccccc2)C1=O. The molecule has 0 spiro atoms. The van der Waals surface area contributed by atoms with E-state index in [0.29, 0.717) is 11.8 Å². The third-order valence-corrected chi connectivity index (χ3v) is 3.22. The van der Waals surface area contributed by atoms with Crippen molar-refractivity contribution in [3.63, 3.8) is 0 Å². The van der Waals surface area contributed by atoms with Crippen LogP contribution in [0.2, 0.25) is 0 Å². The van der Waals surface area contributed by atoms with Crippen LogP contribution in [0.15, 0.2) is 41.3 Å². The Labute approximate surface area is 107 Å². The maximum Gasteiger partial charge on any atom is 0.329 e. The van der Waals surface area contributed by atoms with E-state index in [1.807, 2.05) is 18.2 Å². The van der Waals surface area contributed by atoms with Crippen molar-refractivity contribution in [2.24, 2.45) is 0 Å². The number of carbonyl (C=O) groups is 3. The van der Waals surface area contributed by atoms with Gasteiger partial charge in [-0.05, 0) is 17.3 Å². The molecule has 0 saturated carbocycles. The van der Waals surface area contributed by atoms with E-state index >= 15 is 0 Å². The molecule has 1 aliphatic heterocycles. The lowest BCUT2D eigenvalue weighted by atomic mass is 10.2. The first-order valence-corrected chi connectivity index (χ1v) is 5.92. The summed E-state index contributed by atoms with van der Waals surface area (Å²) < 4.78 is 0. The highest BCUT2D eigenvalue weighted by atomic mass is 32.2. The molecule has 0 radical (unpaired) electrons. The van der Waals surface area contributed by atoms with Crippen LogP contribution in [0.25, 0.3) is 0 Å². The largest absolute Gasteiger partial charge is 0.478 e. The molecule has 0 aromatic heterocycles. The number of nitrogens with zero attached hydrogens (tertiary/aromatic N) is 1. The molecule has 6 heteroatoms. The summed E-state index contributed by atoms with van der Waals surface area (Å²) in [6, 6.07) is 9.04. The predicted molar refractivity (Wildman–Crippen MR) is 65.7 cm³/mol. The fourth-order valence-electron chi connectivity index (χ4n) is 1.51. The first-order chi connectivity index (χ1) is 8.58. The molecule has 2 amide bonds. The van der Waals surface area contributed by atoms with Gasteiger partial charge in [0.15, 0.2) is 0 Å². The van der Waals surface area contributed by atoms with E-state index in [0.717, 1.165) is 16.5 Å². The van der Waals surface area contributed by atoms with Gasteiger partial charge < -0.3 is 5.11 Å². The van der Waals surface area contributed by atoms with Gasteiger partial charge in [0.05, 0.1) is 11.4 Å². The van der Waals surface area contributed by atoms with Crippen LogP contribution in [-0.2, 0) is 16.1 Å². The Hall–Kier alpha value is -2.08. The first-order valence-electron chi connectivity index (χ1n) is 5.10. The number of thioether (sulfide) groups is 1. The normalized spacial score (nSPS) is 17.6. The van der Waals surface area contributed by atoms with Crippen molar-refractivity contribution < 1.29 is 19.5 Å². The summed E-state index contributed by atoms with van der Waals surface area (Å²) in [4.78, 5) is 34.9. The number of aliphatic carboxylic acids is 1. The summed E-state index contributed by atoms with van der Waals surface area (Å²) in [6.07, 6.45) is 0.760. The lowest BCUT2D eigenvalue weighted by molar-refractivity contribution is -0.132. The van der Waals surface area contributed by atoms with Gasteiger partial charge in [0.2, 0.25) is 0 Å². The molecular weight excluding hydrogens is 254 g/mol. The molecule has 92 valence electrons. The van der Waals surface area contributed by atoms with Crippen LogP contribution in [0.5, 0.6) is 0 Å². The number of amides is 2. The number of carboxylic acid groups (broad SMARTS) is 1. The van der Waals surface area contributed by atoms with Gasteiger partial charge in [-0.15, -0.1) is 0 Å². The summed E-state index contributed by atoms with van der Waals surface area (Å²) in [7, 11) is 0. The third kappa shape index (κ3) is 2.60. The summed E-state index contributed by atoms with van der Waals surface area (Å²) in [5.74, 6) is -1.79. The minimum absolute atomic E-state index is 0.0524. The van der Waals surface area contributed by atoms with Crippen LogP contribution in [-0.4, -0.2) is 27.1 Å². The van der Waals surface area contributed by atoms with Crippen molar-refractivity contribution in [3.8, 4) is 0 Å². The van der Waals surface area contributed by atoms with Crippen molar-refractivity contribution in [2.75, 3.05) is 0 Å². The highest BCUT2D eigenvalue weighted by molar-refractivity contribution is 8.18. The predicted octanol–water partition coefficient (Wildman–Crippen LogP) is 1.85.